The topological polar surface area (TPSA) is 57.2 Å². The van der Waals surface area contributed by atoms with Gasteiger partial charge in [0, 0.05) is 17.8 Å². The minimum absolute atomic E-state index is 0.0235. The third-order valence-corrected chi connectivity index (χ3v) is 3.38. The van der Waals surface area contributed by atoms with Crippen LogP contribution in [-0.4, -0.2) is 11.8 Å². The molecule has 2 fully saturated rings. The summed E-state index contributed by atoms with van der Waals surface area (Å²) in [6.07, 6.45) is 3.91. The first kappa shape index (κ1) is 8.73. The molecule has 0 spiro atoms. The Hall–Kier alpha value is -0.860. The average molecular weight is 181 g/mol. The van der Waals surface area contributed by atoms with Gasteiger partial charge in [-0.2, -0.15) is 0 Å². The number of carbonyl (C=O) groups is 2. The first-order valence-corrected chi connectivity index (χ1v) is 4.93. The van der Waals surface area contributed by atoms with Gasteiger partial charge in [0.25, 0.3) is 0 Å². The van der Waals surface area contributed by atoms with E-state index in [0.717, 1.165) is 19.3 Å². The summed E-state index contributed by atoms with van der Waals surface area (Å²) in [5.74, 6) is -0.980. The SMILES string of the molecule is O=C([O-])C1CC2CCCC(C1)C2=O. The van der Waals surface area contributed by atoms with E-state index in [0.29, 0.717) is 18.6 Å². The van der Waals surface area contributed by atoms with Gasteiger partial charge in [-0.05, 0) is 31.6 Å². The van der Waals surface area contributed by atoms with Crippen molar-refractivity contribution in [3.05, 3.63) is 0 Å². The number of hydrogen-bond donors (Lipinski definition) is 0. The Bertz CT molecular complexity index is 231. The van der Waals surface area contributed by atoms with Gasteiger partial charge in [-0.1, -0.05) is 6.42 Å². The Morgan fingerprint density at radius 3 is 2.23 bits per heavy atom. The van der Waals surface area contributed by atoms with Crippen molar-refractivity contribution in [2.75, 3.05) is 0 Å². The molecule has 0 aromatic heterocycles. The molecule has 3 nitrogen and oxygen atoms in total. The molecular formula is C10H13O3-. The summed E-state index contributed by atoms with van der Waals surface area (Å²) in [7, 11) is 0. The smallest absolute Gasteiger partial charge is 0.139 e. The van der Waals surface area contributed by atoms with E-state index in [9.17, 15) is 14.7 Å². The Balaban J connectivity index is 2.11. The number of rotatable bonds is 1. The van der Waals surface area contributed by atoms with Gasteiger partial charge < -0.3 is 9.90 Å². The van der Waals surface area contributed by atoms with Gasteiger partial charge in [-0.3, -0.25) is 4.79 Å². The molecule has 0 saturated heterocycles. The normalized spacial score (nSPS) is 38.8. The second kappa shape index (κ2) is 3.13. The Labute approximate surface area is 77.1 Å². The van der Waals surface area contributed by atoms with Gasteiger partial charge in [0.1, 0.15) is 5.78 Å². The molecular weight excluding hydrogens is 168 g/mol. The third-order valence-electron chi connectivity index (χ3n) is 3.38. The molecule has 0 amide bonds. The van der Waals surface area contributed by atoms with Crippen molar-refractivity contribution in [2.45, 2.75) is 32.1 Å². The van der Waals surface area contributed by atoms with E-state index in [2.05, 4.69) is 0 Å². The fourth-order valence-corrected chi connectivity index (χ4v) is 2.67. The fourth-order valence-electron chi connectivity index (χ4n) is 2.67. The predicted octanol–water partition coefficient (Wildman–Crippen LogP) is 0.132. The van der Waals surface area contributed by atoms with Crippen LogP contribution >= 0.6 is 0 Å². The third kappa shape index (κ3) is 1.47. The minimum Gasteiger partial charge on any atom is -0.550 e. The minimum atomic E-state index is -0.968. The summed E-state index contributed by atoms with van der Waals surface area (Å²) < 4.78 is 0. The number of hydrogen-bond acceptors (Lipinski definition) is 3. The molecule has 0 radical (unpaired) electrons. The van der Waals surface area contributed by atoms with Crippen molar-refractivity contribution < 1.29 is 14.7 Å². The van der Waals surface area contributed by atoms with Crippen LogP contribution < -0.4 is 5.11 Å². The molecule has 0 aromatic carbocycles. The molecule has 2 saturated carbocycles. The van der Waals surface area contributed by atoms with Crippen LogP contribution in [0.2, 0.25) is 0 Å². The summed E-state index contributed by atoms with van der Waals surface area (Å²) in [5.41, 5.74) is 0. The number of carbonyl (C=O) groups excluding carboxylic acids is 2. The van der Waals surface area contributed by atoms with Crippen LogP contribution in [0.1, 0.15) is 32.1 Å². The monoisotopic (exact) mass is 181 g/mol. The number of fused-ring (bicyclic) bond motifs is 2. The second-order valence-electron chi connectivity index (χ2n) is 4.21. The van der Waals surface area contributed by atoms with Crippen LogP contribution in [0.15, 0.2) is 0 Å². The molecule has 0 heterocycles. The van der Waals surface area contributed by atoms with Crippen molar-refractivity contribution in [2.24, 2.45) is 17.8 Å². The van der Waals surface area contributed by atoms with Gasteiger partial charge in [0.05, 0.1) is 0 Å². The number of carboxylic acids is 1. The summed E-state index contributed by atoms with van der Waals surface area (Å²) in [6, 6.07) is 0. The summed E-state index contributed by atoms with van der Waals surface area (Å²) >= 11 is 0. The average Bonchev–Trinajstić information content (AvgIpc) is 2.02. The largest absolute Gasteiger partial charge is 0.550 e. The van der Waals surface area contributed by atoms with E-state index in [4.69, 9.17) is 0 Å². The molecule has 2 rings (SSSR count). The lowest BCUT2D eigenvalue weighted by molar-refractivity contribution is -0.313. The van der Waals surface area contributed by atoms with Crippen LogP contribution in [0.25, 0.3) is 0 Å². The Morgan fingerprint density at radius 2 is 1.77 bits per heavy atom. The maximum absolute atomic E-state index is 11.6. The maximum Gasteiger partial charge on any atom is 0.139 e. The Kier molecular flexibility index (Phi) is 2.10. The molecule has 2 aliphatic rings. The zero-order valence-electron chi connectivity index (χ0n) is 7.49. The highest BCUT2D eigenvalue weighted by molar-refractivity contribution is 5.86. The van der Waals surface area contributed by atoms with E-state index < -0.39 is 5.97 Å². The molecule has 2 atom stereocenters. The van der Waals surface area contributed by atoms with Gasteiger partial charge in [-0.25, -0.2) is 0 Å². The van der Waals surface area contributed by atoms with Crippen molar-refractivity contribution in [3.8, 4) is 0 Å². The highest BCUT2D eigenvalue weighted by Crippen LogP contribution is 2.39. The van der Waals surface area contributed by atoms with Gasteiger partial charge in [0.15, 0.2) is 0 Å². The van der Waals surface area contributed by atoms with Gasteiger partial charge >= 0.3 is 0 Å². The molecule has 0 N–H and O–H groups in total. The predicted molar refractivity (Wildman–Crippen MR) is 43.6 cm³/mol. The van der Waals surface area contributed by atoms with E-state index in [-0.39, 0.29) is 17.8 Å². The molecule has 2 unspecified atom stereocenters. The molecule has 13 heavy (non-hydrogen) atoms. The first-order valence-electron chi connectivity index (χ1n) is 4.93. The van der Waals surface area contributed by atoms with Crippen molar-refractivity contribution in [1.29, 1.82) is 0 Å². The zero-order chi connectivity index (χ0) is 9.42. The van der Waals surface area contributed by atoms with Crippen LogP contribution in [0.4, 0.5) is 0 Å². The van der Waals surface area contributed by atoms with Crippen LogP contribution in [0.5, 0.6) is 0 Å². The highest BCUT2D eigenvalue weighted by Gasteiger charge is 2.38. The summed E-state index contributed by atoms with van der Waals surface area (Å²) in [6.45, 7) is 0. The summed E-state index contributed by atoms with van der Waals surface area (Å²) in [4.78, 5) is 22.2. The highest BCUT2D eigenvalue weighted by atomic mass is 16.4. The molecule has 2 bridgehead atoms. The quantitative estimate of drug-likeness (QED) is 0.577. The summed E-state index contributed by atoms with van der Waals surface area (Å²) in [5, 5.41) is 10.7. The van der Waals surface area contributed by atoms with Crippen LogP contribution in [0.3, 0.4) is 0 Å². The van der Waals surface area contributed by atoms with E-state index >= 15 is 0 Å². The molecule has 0 aromatic rings. The lowest BCUT2D eigenvalue weighted by atomic mass is 9.67. The van der Waals surface area contributed by atoms with E-state index in [1.165, 1.54) is 0 Å². The van der Waals surface area contributed by atoms with Gasteiger partial charge in [-0.15, -0.1) is 0 Å². The fraction of sp³-hybridized carbons (Fsp3) is 0.800. The molecule has 0 aliphatic heterocycles. The Morgan fingerprint density at radius 1 is 1.23 bits per heavy atom. The van der Waals surface area contributed by atoms with E-state index in [1.807, 2.05) is 0 Å². The molecule has 2 aliphatic carbocycles. The lowest BCUT2D eigenvalue weighted by Gasteiger charge is -2.37. The first-order chi connectivity index (χ1) is 6.18. The second-order valence-corrected chi connectivity index (χ2v) is 4.21. The van der Waals surface area contributed by atoms with Crippen LogP contribution in [0, 0.1) is 17.8 Å². The van der Waals surface area contributed by atoms with Crippen molar-refractivity contribution in [1.82, 2.24) is 0 Å². The van der Waals surface area contributed by atoms with Crippen LogP contribution in [-0.2, 0) is 9.59 Å². The zero-order valence-corrected chi connectivity index (χ0v) is 7.49. The number of carboxylic acid groups (broad SMARTS) is 1. The van der Waals surface area contributed by atoms with Gasteiger partial charge in [0.2, 0.25) is 0 Å². The lowest BCUT2D eigenvalue weighted by Crippen LogP contribution is -2.43. The number of aliphatic carboxylic acids is 1. The van der Waals surface area contributed by atoms with Crippen molar-refractivity contribution >= 4 is 11.8 Å². The maximum atomic E-state index is 11.6. The van der Waals surface area contributed by atoms with E-state index in [1.54, 1.807) is 0 Å². The molecule has 72 valence electrons. The standard InChI is InChI=1S/C10H14O3/c11-9-6-2-1-3-7(9)5-8(4-6)10(12)13/h6-8H,1-5H2,(H,12,13)/p-1. The number of ketones is 1. The van der Waals surface area contributed by atoms with Crippen molar-refractivity contribution in [3.63, 3.8) is 0 Å². The number of Topliss-reactive ketones (excluding diaryl/α,β-unsaturated/α-hetero) is 1. The molecule has 3 heteroatoms.